The van der Waals surface area contributed by atoms with Crippen LogP contribution in [0.1, 0.15) is 57.7 Å². The molecule has 0 aliphatic carbocycles. The van der Waals surface area contributed by atoms with E-state index in [0.29, 0.717) is 27.9 Å². The van der Waals surface area contributed by atoms with Crippen LogP contribution in [-0.4, -0.2) is 52.7 Å². The number of hydrogen-bond donors (Lipinski definition) is 1. The van der Waals surface area contributed by atoms with E-state index in [1.807, 2.05) is 0 Å². The van der Waals surface area contributed by atoms with Crippen molar-refractivity contribution in [3.63, 3.8) is 0 Å². The van der Waals surface area contributed by atoms with Gasteiger partial charge in [0, 0.05) is 43.2 Å². The monoisotopic (exact) mass is 571 g/mol. The Kier molecular flexibility index (Phi) is 7.91. The molecule has 2 aromatic carbocycles. The minimum absolute atomic E-state index is 0.151. The Labute approximate surface area is 235 Å². The van der Waals surface area contributed by atoms with E-state index in [2.05, 4.69) is 10.2 Å². The van der Waals surface area contributed by atoms with Crippen LogP contribution in [-0.2, 0) is 13.0 Å². The lowest BCUT2D eigenvalue weighted by atomic mass is 10.0. The van der Waals surface area contributed by atoms with E-state index in [4.69, 9.17) is 28.2 Å². The highest BCUT2D eigenvalue weighted by Crippen LogP contribution is 2.29. The summed E-state index contributed by atoms with van der Waals surface area (Å²) in [5, 5.41) is 3.07. The maximum absolute atomic E-state index is 15.5. The van der Waals surface area contributed by atoms with Crippen molar-refractivity contribution >= 4 is 41.0 Å². The molecule has 5 rings (SSSR count). The van der Waals surface area contributed by atoms with E-state index in [-0.39, 0.29) is 40.6 Å². The molecule has 0 bridgehead atoms. The zero-order valence-electron chi connectivity index (χ0n) is 21.4. The van der Waals surface area contributed by atoms with Gasteiger partial charge in [-0.3, -0.25) is 14.4 Å². The van der Waals surface area contributed by atoms with Gasteiger partial charge in [-0.05, 0) is 55.3 Å². The van der Waals surface area contributed by atoms with E-state index in [9.17, 15) is 14.4 Å². The van der Waals surface area contributed by atoms with Crippen molar-refractivity contribution in [2.24, 2.45) is 0 Å². The third kappa shape index (κ3) is 5.38. The molecule has 1 saturated heterocycles. The highest BCUT2D eigenvalue weighted by atomic mass is 35.5. The predicted molar refractivity (Wildman–Crippen MR) is 149 cm³/mol. The van der Waals surface area contributed by atoms with Gasteiger partial charge in [0.15, 0.2) is 6.30 Å². The summed E-state index contributed by atoms with van der Waals surface area (Å²) in [6.45, 7) is 1.29. The molecule has 8 nitrogen and oxygen atoms in total. The van der Waals surface area contributed by atoms with Gasteiger partial charge in [-0.2, -0.15) is 0 Å². The molecule has 11 heteroatoms. The fourth-order valence-electron chi connectivity index (χ4n) is 5.08. The molecule has 39 heavy (non-hydrogen) atoms. The SMILES string of the molecule is CNC(=O)c1ccc(-n2c(N3CCCCCC3)nc3c(c2=O)C[C@@H](F)N(C(=O)c2ccc(Cl)c(Cl)c2)C3)cc1. The number of fused-ring (bicyclic) bond motifs is 1. The zero-order valence-corrected chi connectivity index (χ0v) is 22.9. The first-order chi connectivity index (χ1) is 18.8. The Balaban J connectivity index is 1.58. The Hall–Kier alpha value is -3.43. The van der Waals surface area contributed by atoms with Crippen LogP contribution in [0.5, 0.6) is 0 Å². The van der Waals surface area contributed by atoms with Crippen LogP contribution >= 0.6 is 23.2 Å². The molecule has 2 aliphatic rings. The molecule has 0 saturated carbocycles. The van der Waals surface area contributed by atoms with Gasteiger partial charge in [0.25, 0.3) is 17.4 Å². The first-order valence-electron chi connectivity index (χ1n) is 12.9. The van der Waals surface area contributed by atoms with Crippen LogP contribution in [0.3, 0.4) is 0 Å². The van der Waals surface area contributed by atoms with Crippen molar-refractivity contribution < 1.29 is 14.0 Å². The van der Waals surface area contributed by atoms with Crippen molar-refractivity contribution in [3.05, 3.63) is 85.2 Å². The normalized spacial score (nSPS) is 17.4. The maximum Gasteiger partial charge on any atom is 0.263 e. The number of amides is 2. The number of alkyl halides is 1. The molecule has 2 amide bonds. The van der Waals surface area contributed by atoms with Gasteiger partial charge in [-0.1, -0.05) is 36.0 Å². The summed E-state index contributed by atoms with van der Waals surface area (Å²) in [5.74, 6) is -0.344. The average Bonchev–Trinajstić information content (AvgIpc) is 3.23. The van der Waals surface area contributed by atoms with Crippen LogP contribution in [0.4, 0.5) is 10.3 Å². The summed E-state index contributed by atoms with van der Waals surface area (Å²) in [6.07, 6.45) is 2.07. The molecule has 3 aromatic rings. The Morgan fingerprint density at radius 3 is 2.28 bits per heavy atom. The third-order valence-electron chi connectivity index (χ3n) is 7.21. The Bertz CT molecular complexity index is 1470. The lowest BCUT2D eigenvalue weighted by Crippen LogP contribution is -2.46. The Morgan fingerprint density at radius 1 is 0.974 bits per heavy atom. The van der Waals surface area contributed by atoms with Gasteiger partial charge in [-0.15, -0.1) is 0 Å². The zero-order chi connectivity index (χ0) is 27.7. The molecule has 1 atom stereocenters. The van der Waals surface area contributed by atoms with Gasteiger partial charge in [0.1, 0.15) is 0 Å². The third-order valence-corrected chi connectivity index (χ3v) is 7.95. The van der Waals surface area contributed by atoms with Crippen LogP contribution in [0, 0.1) is 0 Å². The van der Waals surface area contributed by atoms with Gasteiger partial charge in [0.05, 0.1) is 28.0 Å². The number of hydrogen-bond acceptors (Lipinski definition) is 5. The number of halogens is 3. The molecule has 204 valence electrons. The van der Waals surface area contributed by atoms with E-state index < -0.39 is 12.2 Å². The number of rotatable bonds is 4. The summed E-state index contributed by atoms with van der Waals surface area (Å²) < 4.78 is 17.0. The lowest BCUT2D eigenvalue weighted by Gasteiger charge is -2.33. The fraction of sp³-hybridized carbons (Fsp3) is 0.357. The highest BCUT2D eigenvalue weighted by Gasteiger charge is 2.35. The largest absolute Gasteiger partial charge is 0.355 e. The quantitative estimate of drug-likeness (QED) is 0.455. The number of aromatic nitrogens is 2. The molecular formula is C28H28Cl2FN5O3. The second kappa shape index (κ2) is 11.4. The van der Waals surface area contributed by atoms with Crippen LogP contribution in [0.15, 0.2) is 47.3 Å². The van der Waals surface area contributed by atoms with Gasteiger partial charge in [0.2, 0.25) is 5.95 Å². The second-order valence-electron chi connectivity index (χ2n) is 9.71. The number of carbonyl (C=O) groups is 2. The van der Waals surface area contributed by atoms with Crippen LogP contribution in [0.2, 0.25) is 10.0 Å². The van der Waals surface area contributed by atoms with Crippen molar-refractivity contribution in [2.45, 2.75) is 44.9 Å². The van der Waals surface area contributed by atoms with E-state index >= 15 is 4.39 Å². The molecule has 0 unspecified atom stereocenters. The number of nitrogens with one attached hydrogen (secondary N) is 1. The van der Waals surface area contributed by atoms with Crippen LogP contribution < -0.4 is 15.8 Å². The molecule has 1 aromatic heterocycles. The minimum atomic E-state index is -1.72. The second-order valence-corrected chi connectivity index (χ2v) is 10.5. The first-order valence-corrected chi connectivity index (χ1v) is 13.7. The van der Waals surface area contributed by atoms with Gasteiger partial charge < -0.3 is 15.1 Å². The number of carbonyl (C=O) groups excluding carboxylic acids is 2. The van der Waals surface area contributed by atoms with Crippen molar-refractivity contribution in [1.82, 2.24) is 19.8 Å². The number of benzene rings is 2. The topological polar surface area (TPSA) is 87.5 Å². The molecular weight excluding hydrogens is 544 g/mol. The van der Waals surface area contributed by atoms with Crippen molar-refractivity contribution in [2.75, 3.05) is 25.0 Å². The highest BCUT2D eigenvalue weighted by molar-refractivity contribution is 6.42. The first kappa shape index (κ1) is 27.1. The average molecular weight is 572 g/mol. The summed E-state index contributed by atoms with van der Waals surface area (Å²) in [7, 11) is 1.55. The lowest BCUT2D eigenvalue weighted by molar-refractivity contribution is 0.0381. The smallest absolute Gasteiger partial charge is 0.263 e. The molecule has 1 fully saturated rings. The van der Waals surface area contributed by atoms with E-state index in [1.54, 1.807) is 31.3 Å². The minimum Gasteiger partial charge on any atom is -0.355 e. The fourth-order valence-corrected chi connectivity index (χ4v) is 5.38. The maximum atomic E-state index is 15.5. The molecule has 0 spiro atoms. The van der Waals surface area contributed by atoms with Crippen molar-refractivity contribution in [1.29, 1.82) is 0 Å². The van der Waals surface area contributed by atoms with Gasteiger partial charge >= 0.3 is 0 Å². The Morgan fingerprint density at radius 2 is 1.64 bits per heavy atom. The molecule has 2 aliphatic heterocycles. The summed E-state index contributed by atoms with van der Waals surface area (Å²) in [4.78, 5) is 47.2. The van der Waals surface area contributed by atoms with Crippen molar-refractivity contribution in [3.8, 4) is 5.69 Å². The van der Waals surface area contributed by atoms with Crippen LogP contribution in [0.25, 0.3) is 5.69 Å². The summed E-state index contributed by atoms with van der Waals surface area (Å²) in [6, 6.07) is 11.1. The molecule has 0 radical (unpaired) electrons. The standard InChI is InChI=1S/C28H28Cl2FN5O3/c1-32-25(37)17-6-9-19(10-7-17)36-27(39)20-15-24(31)35(26(38)18-8-11-21(29)22(30)14-18)16-23(20)33-28(36)34-12-4-2-3-5-13-34/h6-11,14,24H,2-5,12-13,15-16H2,1H3,(H,32,37)/t24-/m0/s1. The number of nitrogens with zero attached hydrogens (tertiary/aromatic N) is 4. The van der Waals surface area contributed by atoms with E-state index in [1.165, 1.54) is 22.8 Å². The number of anilines is 1. The molecule has 3 heterocycles. The summed E-state index contributed by atoms with van der Waals surface area (Å²) in [5.41, 5.74) is 1.42. The summed E-state index contributed by atoms with van der Waals surface area (Å²) >= 11 is 12.1. The molecule has 1 N–H and O–H groups in total. The van der Waals surface area contributed by atoms with Gasteiger partial charge in [-0.25, -0.2) is 13.9 Å². The van der Waals surface area contributed by atoms with E-state index in [0.717, 1.165) is 43.7 Å². The predicted octanol–water partition coefficient (Wildman–Crippen LogP) is 4.77.